The van der Waals surface area contributed by atoms with E-state index in [4.69, 9.17) is 5.73 Å². The van der Waals surface area contributed by atoms with Gasteiger partial charge in [-0.2, -0.15) is 0 Å². The van der Waals surface area contributed by atoms with Crippen LogP contribution in [0, 0.1) is 11.7 Å². The fourth-order valence-electron chi connectivity index (χ4n) is 3.89. The third-order valence-corrected chi connectivity index (χ3v) is 5.16. The highest BCUT2D eigenvalue weighted by Crippen LogP contribution is 2.31. The second kappa shape index (κ2) is 6.35. The minimum atomic E-state index is -0.540. The number of nitrogens with two attached hydrogens (primary N) is 1. The zero-order valence-electron chi connectivity index (χ0n) is 14.0. The smallest absolute Gasteiger partial charge is 0.252 e. The first-order valence-electron chi connectivity index (χ1n) is 8.76. The van der Waals surface area contributed by atoms with E-state index in [1.165, 1.54) is 50.4 Å². The lowest BCUT2D eigenvalue weighted by Gasteiger charge is -2.23. The summed E-state index contributed by atoms with van der Waals surface area (Å²) >= 11 is 0. The van der Waals surface area contributed by atoms with E-state index in [9.17, 15) is 9.18 Å². The lowest BCUT2D eigenvalue weighted by atomic mass is 9.89. The predicted molar refractivity (Wildman–Crippen MR) is 96.5 cm³/mol. The van der Waals surface area contributed by atoms with Gasteiger partial charge in [0.15, 0.2) is 0 Å². The molecule has 5 nitrogen and oxygen atoms in total. The van der Waals surface area contributed by atoms with Crippen molar-refractivity contribution < 1.29 is 9.18 Å². The van der Waals surface area contributed by atoms with E-state index in [2.05, 4.69) is 10.4 Å². The molecule has 1 aromatic carbocycles. The molecular formula is C19H21FN4O. The van der Waals surface area contributed by atoms with Crippen molar-refractivity contribution in [1.29, 1.82) is 0 Å². The van der Waals surface area contributed by atoms with E-state index in [0.717, 1.165) is 22.8 Å². The van der Waals surface area contributed by atoms with Crippen LogP contribution in [0.2, 0.25) is 0 Å². The Bertz CT molecular complexity index is 943. The summed E-state index contributed by atoms with van der Waals surface area (Å²) in [6.45, 7) is 0.816. The molecule has 0 radical (unpaired) electrons. The molecule has 25 heavy (non-hydrogen) atoms. The summed E-state index contributed by atoms with van der Waals surface area (Å²) in [7, 11) is 0. The van der Waals surface area contributed by atoms with Gasteiger partial charge in [-0.25, -0.2) is 4.39 Å². The monoisotopic (exact) mass is 340 g/mol. The number of carbonyl (C=O) groups excluding carboxylic acids is 1. The molecule has 1 amide bonds. The van der Waals surface area contributed by atoms with Crippen molar-refractivity contribution in [2.24, 2.45) is 11.7 Å². The van der Waals surface area contributed by atoms with Gasteiger partial charge in [-0.15, -0.1) is 0 Å². The van der Waals surface area contributed by atoms with Gasteiger partial charge in [0.05, 0.1) is 16.6 Å². The number of pyridine rings is 1. The molecule has 3 N–H and O–H groups in total. The Balaban J connectivity index is 1.85. The number of benzene rings is 1. The number of rotatable bonds is 4. The number of halogens is 1. The molecule has 1 aliphatic rings. The highest BCUT2D eigenvalue weighted by atomic mass is 19.1. The Labute approximate surface area is 145 Å². The number of carbonyl (C=O) groups is 1. The molecule has 0 atom stereocenters. The highest BCUT2D eigenvalue weighted by molar-refractivity contribution is 6.15. The second-order valence-electron chi connectivity index (χ2n) is 6.81. The summed E-state index contributed by atoms with van der Waals surface area (Å²) in [5.74, 6) is -0.244. The zero-order valence-corrected chi connectivity index (χ0v) is 14.0. The lowest BCUT2D eigenvalue weighted by molar-refractivity contribution is 0.100. The quantitative estimate of drug-likeness (QED) is 0.763. The maximum Gasteiger partial charge on any atom is 0.252 e. The molecule has 4 rings (SSSR count). The highest BCUT2D eigenvalue weighted by Gasteiger charge is 2.19. The third-order valence-electron chi connectivity index (χ3n) is 5.16. The van der Waals surface area contributed by atoms with Crippen LogP contribution in [0.4, 0.5) is 4.39 Å². The average molecular weight is 340 g/mol. The van der Waals surface area contributed by atoms with Crippen molar-refractivity contribution in [3.63, 3.8) is 0 Å². The summed E-state index contributed by atoms with van der Waals surface area (Å²) in [5, 5.41) is 1.45. The zero-order chi connectivity index (χ0) is 17.4. The molecule has 1 aliphatic carbocycles. The van der Waals surface area contributed by atoms with Crippen LogP contribution in [-0.2, 0) is 0 Å². The number of fused-ring (bicyclic) bond motifs is 3. The molecule has 130 valence electrons. The lowest BCUT2D eigenvalue weighted by Crippen LogP contribution is -2.25. The first-order chi connectivity index (χ1) is 12.1. The van der Waals surface area contributed by atoms with Crippen molar-refractivity contribution in [3.8, 4) is 0 Å². The number of nitrogens with one attached hydrogen (secondary N) is 1. The summed E-state index contributed by atoms with van der Waals surface area (Å²) in [5.41, 5.74) is 10.8. The average Bonchev–Trinajstić information content (AvgIpc) is 2.94. The second-order valence-corrected chi connectivity index (χ2v) is 6.81. The van der Waals surface area contributed by atoms with Crippen LogP contribution in [0.1, 0.15) is 42.5 Å². The molecule has 1 fully saturated rings. The number of primary amides is 1. The van der Waals surface area contributed by atoms with Gasteiger partial charge in [0.1, 0.15) is 5.82 Å². The Morgan fingerprint density at radius 3 is 2.80 bits per heavy atom. The van der Waals surface area contributed by atoms with Crippen molar-refractivity contribution in [3.05, 3.63) is 42.0 Å². The minimum absolute atomic E-state index is 0.316. The molecule has 6 heteroatoms. The summed E-state index contributed by atoms with van der Waals surface area (Å²) in [6.07, 6.45) is 9.39. The maximum atomic E-state index is 13.8. The Kier molecular flexibility index (Phi) is 4.03. The molecule has 0 bridgehead atoms. The molecule has 1 saturated carbocycles. The van der Waals surface area contributed by atoms with Crippen LogP contribution in [-0.4, -0.2) is 22.1 Å². The van der Waals surface area contributed by atoms with Crippen LogP contribution >= 0.6 is 0 Å². The van der Waals surface area contributed by atoms with E-state index in [-0.39, 0.29) is 5.82 Å². The minimum Gasteiger partial charge on any atom is -0.365 e. The van der Waals surface area contributed by atoms with E-state index in [1.807, 2.05) is 4.68 Å². The van der Waals surface area contributed by atoms with Crippen LogP contribution in [0.5, 0.6) is 0 Å². The van der Waals surface area contributed by atoms with E-state index >= 15 is 0 Å². The van der Waals surface area contributed by atoms with Gasteiger partial charge in [-0.05, 0) is 37.0 Å². The fourth-order valence-corrected chi connectivity index (χ4v) is 3.89. The fraction of sp³-hybridized carbons (Fsp3) is 0.368. The molecule has 0 saturated heterocycles. The molecule has 2 aromatic heterocycles. The molecule has 0 unspecified atom stereocenters. The SMILES string of the molecule is NC(=O)c1cncc2c3cc(F)ccc3n(NCC3CCCCC3)c12. The molecule has 3 aromatic rings. The number of amides is 1. The Morgan fingerprint density at radius 2 is 2.04 bits per heavy atom. The number of nitrogens with zero attached hydrogens (tertiary/aromatic N) is 2. The van der Waals surface area contributed by atoms with Crippen LogP contribution in [0.25, 0.3) is 21.8 Å². The van der Waals surface area contributed by atoms with Crippen LogP contribution < -0.4 is 11.2 Å². The third kappa shape index (κ3) is 2.81. The molecule has 0 spiro atoms. The molecule has 0 aliphatic heterocycles. The summed E-state index contributed by atoms with van der Waals surface area (Å²) in [6, 6.07) is 4.63. The molecular weight excluding hydrogens is 319 g/mol. The van der Waals surface area contributed by atoms with Gasteiger partial charge in [0, 0.05) is 29.7 Å². The van der Waals surface area contributed by atoms with E-state index in [1.54, 1.807) is 12.3 Å². The van der Waals surface area contributed by atoms with Gasteiger partial charge in [-0.3, -0.25) is 14.5 Å². The first-order valence-corrected chi connectivity index (χ1v) is 8.76. The number of aromatic nitrogens is 2. The molecule has 2 heterocycles. The van der Waals surface area contributed by atoms with E-state index < -0.39 is 5.91 Å². The van der Waals surface area contributed by atoms with Crippen LogP contribution in [0.15, 0.2) is 30.6 Å². The van der Waals surface area contributed by atoms with Gasteiger partial charge < -0.3 is 11.2 Å². The van der Waals surface area contributed by atoms with Gasteiger partial charge >= 0.3 is 0 Å². The van der Waals surface area contributed by atoms with Gasteiger partial charge in [-0.1, -0.05) is 19.3 Å². The standard InChI is InChI=1S/C19H21FN4O/c20-13-6-7-17-14(8-13)15-10-22-11-16(19(21)25)18(15)24(17)23-9-12-4-2-1-3-5-12/h6-8,10-12,23H,1-5,9H2,(H2,21,25). The van der Waals surface area contributed by atoms with Crippen molar-refractivity contribution in [2.75, 3.05) is 12.0 Å². The largest absolute Gasteiger partial charge is 0.365 e. The topological polar surface area (TPSA) is 72.9 Å². The Hall–Kier alpha value is -2.63. The maximum absolute atomic E-state index is 13.8. The number of hydrogen-bond donors (Lipinski definition) is 2. The van der Waals surface area contributed by atoms with Gasteiger partial charge in [0.2, 0.25) is 0 Å². The van der Waals surface area contributed by atoms with Crippen molar-refractivity contribution in [2.45, 2.75) is 32.1 Å². The number of hydrogen-bond acceptors (Lipinski definition) is 3. The van der Waals surface area contributed by atoms with E-state index in [0.29, 0.717) is 17.0 Å². The van der Waals surface area contributed by atoms with Gasteiger partial charge in [0.25, 0.3) is 5.91 Å². The van der Waals surface area contributed by atoms with Crippen LogP contribution in [0.3, 0.4) is 0 Å². The normalized spacial score (nSPS) is 15.7. The first kappa shape index (κ1) is 15.9. The predicted octanol–water partition coefficient (Wildman–Crippen LogP) is 3.55. The van der Waals surface area contributed by atoms with Crippen molar-refractivity contribution in [1.82, 2.24) is 9.66 Å². The summed E-state index contributed by atoms with van der Waals surface area (Å²) in [4.78, 5) is 16.0. The Morgan fingerprint density at radius 1 is 1.24 bits per heavy atom. The van der Waals surface area contributed by atoms with Crippen molar-refractivity contribution >= 4 is 27.7 Å². The summed E-state index contributed by atoms with van der Waals surface area (Å²) < 4.78 is 15.6.